The zero-order chi connectivity index (χ0) is 17.9. The van der Waals surface area contributed by atoms with E-state index in [0.29, 0.717) is 44.1 Å². The van der Waals surface area contributed by atoms with Gasteiger partial charge in [-0.3, -0.25) is 9.59 Å². The lowest BCUT2D eigenvalue weighted by Crippen LogP contribution is -2.44. The van der Waals surface area contributed by atoms with E-state index in [1.165, 1.54) is 0 Å². The lowest BCUT2D eigenvalue weighted by atomic mass is 9.74. The van der Waals surface area contributed by atoms with Crippen molar-refractivity contribution in [2.45, 2.75) is 12.8 Å². The number of hydrogen-bond acceptors (Lipinski definition) is 5. The molecule has 0 unspecified atom stereocenters. The van der Waals surface area contributed by atoms with Crippen molar-refractivity contribution in [1.29, 1.82) is 0 Å². The van der Waals surface area contributed by atoms with Crippen LogP contribution < -0.4 is 10.5 Å². The van der Waals surface area contributed by atoms with Crippen LogP contribution in [0.1, 0.15) is 23.2 Å². The highest BCUT2D eigenvalue weighted by Gasteiger charge is 2.53. The number of nitrogens with zero attached hydrogens (tertiary/aromatic N) is 1. The van der Waals surface area contributed by atoms with Crippen LogP contribution in [0, 0.1) is 11.3 Å². The van der Waals surface area contributed by atoms with Crippen LogP contribution in [0.5, 0.6) is 5.75 Å². The van der Waals surface area contributed by atoms with Crippen molar-refractivity contribution < 1.29 is 24.2 Å². The third-order valence-corrected chi connectivity index (χ3v) is 5.23. The lowest BCUT2D eigenvalue weighted by molar-refractivity contribution is -0.157. The van der Waals surface area contributed by atoms with Crippen molar-refractivity contribution in [2.75, 3.05) is 39.5 Å². The summed E-state index contributed by atoms with van der Waals surface area (Å²) < 4.78 is 11.1. The molecule has 0 radical (unpaired) electrons. The second-order valence-corrected chi connectivity index (χ2v) is 6.81. The molecule has 0 saturated carbocycles. The highest BCUT2D eigenvalue weighted by Crippen LogP contribution is 2.42. The maximum absolute atomic E-state index is 11.8. The fourth-order valence-electron chi connectivity index (χ4n) is 3.77. The summed E-state index contributed by atoms with van der Waals surface area (Å²) in [5, 5.41) is 9.66. The molecular formula is C18H24N2O5. The second kappa shape index (κ2) is 7.41. The molecule has 0 aromatic heterocycles. The summed E-state index contributed by atoms with van der Waals surface area (Å²) in [4.78, 5) is 25.0. The first-order valence-corrected chi connectivity index (χ1v) is 8.57. The number of fused-ring (bicyclic) bond motifs is 1. The van der Waals surface area contributed by atoms with E-state index in [0.717, 1.165) is 19.5 Å². The van der Waals surface area contributed by atoms with E-state index in [1.807, 2.05) is 0 Å². The lowest BCUT2D eigenvalue weighted by Gasteiger charge is -2.34. The fraction of sp³-hybridized carbons (Fsp3) is 0.556. The van der Waals surface area contributed by atoms with Crippen LogP contribution in [0.4, 0.5) is 0 Å². The summed E-state index contributed by atoms with van der Waals surface area (Å²) in [5.41, 5.74) is 5.00. The van der Waals surface area contributed by atoms with Crippen LogP contribution in [0.3, 0.4) is 0 Å². The fourth-order valence-corrected chi connectivity index (χ4v) is 3.77. The van der Waals surface area contributed by atoms with Gasteiger partial charge in [-0.2, -0.15) is 0 Å². The Labute approximate surface area is 146 Å². The summed E-state index contributed by atoms with van der Waals surface area (Å²) >= 11 is 0. The topological polar surface area (TPSA) is 102 Å². The molecule has 1 amide bonds. The SMILES string of the molecule is NC(=O)c1ccc(OCCCN2C[C@@H]3COCC[C@]3(C(=O)O)C2)cc1. The van der Waals surface area contributed by atoms with E-state index in [2.05, 4.69) is 4.90 Å². The molecule has 2 saturated heterocycles. The van der Waals surface area contributed by atoms with Crippen LogP contribution in [-0.4, -0.2) is 61.3 Å². The van der Waals surface area contributed by atoms with Crippen molar-refractivity contribution in [3.8, 4) is 5.75 Å². The molecule has 2 atom stereocenters. The molecule has 0 spiro atoms. The molecule has 2 aliphatic heterocycles. The maximum atomic E-state index is 11.8. The molecule has 3 N–H and O–H groups in total. The van der Waals surface area contributed by atoms with Gasteiger partial charge in [0.05, 0.1) is 18.6 Å². The Kier molecular flexibility index (Phi) is 5.24. The molecule has 0 bridgehead atoms. The molecule has 0 aliphatic carbocycles. The molecule has 1 aromatic rings. The summed E-state index contributed by atoms with van der Waals surface area (Å²) in [6, 6.07) is 6.72. The van der Waals surface area contributed by atoms with Crippen LogP contribution in [-0.2, 0) is 9.53 Å². The van der Waals surface area contributed by atoms with Crippen molar-refractivity contribution >= 4 is 11.9 Å². The quantitative estimate of drug-likeness (QED) is 0.712. The average Bonchev–Trinajstić information content (AvgIpc) is 2.99. The largest absolute Gasteiger partial charge is 0.494 e. The summed E-state index contributed by atoms with van der Waals surface area (Å²) in [5.74, 6) is -0.399. The van der Waals surface area contributed by atoms with Gasteiger partial charge in [-0.25, -0.2) is 0 Å². The molecule has 7 heteroatoms. The van der Waals surface area contributed by atoms with Gasteiger partial charge in [-0.05, 0) is 37.1 Å². The summed E-state index contributed by atoms with van der Waals surface area (Å²) in [6.07, 6.45) is 1.40. The Morgan fingerprint density at radius 2 is 2.12 bits per heavy atom. The van der Waals surface area contributed by atoms with Gasteiger partial charge in [0.25, 0.3) is 0 Å². The number of carboxylic acids is 1. The minimum Gasteiger partial charge on any atom is -0.494 e. The molecule has 7 nitrogen and oxygen atoms in total. The number of amides is 1. The van der Waals surface area contributed by atoms with Crippen molar-refractivity contribution in [3.63, 3.8) is 0 Å². The molecule has 2 fully saturated rings. The van der Waals surface area contributed by atoms with Gasteiger partial charge in [-0.15, -0.1) is 0 Å². The molecule has 136 valence electrons. The predicted molar refractivity (Wildman–Crippen MR) is 90.5 cm³/mol. The molecule has 1 aromatic carbocycles. The molecular weight excluding hydrogens is 324 g/mol. The smallest absolute Gasteiger partial charge is 0.311 e. The molecule has 25 heavy (non-hydrogen) atoms. The van der Waals surface area contributed by atoms with Gasteiger partial charge in [-0.1, -0.05) is 0 Å². The zero-order valence-corrected chi connectivity index (χ0v) is 14.1. The number of ether oxygens (including phenoxy) is 2. The Morgan fingerprint density at radius 3 is 2.76 bits per heavy atom. The van der Waals surface area contributed by atoms with Crippen molar-refractivity contribution in [3.05, 3.63) is 29.8 Å². The molecule has 2 aliphatic rings. The summed E-state index contributed by atoms with van der Waals surface area (Å²) in [6.45, 7) is 3.74. The Hall–Kier alpha value is -2.12. The van der Waals surface area contributed by atoms with Crippen LogP contribution >= 0.6 is 0 Å². The van der Waals surface area contributed by atoms with Crippen molar-refractivity contribution in [1.82, 2.24) is 4.90 Å². The Bertz CT molecular complexity index is 633. The van der Waals surface area contributed by atoms with E-state index < -0.39 is 17.3 Å². The predicted octanol–water partition coefficient (Wildman–Crippen LogP) is 0.978. The summed E-state index contributed by atoms with van der Waals surface area (Å²) in [7, 11) is 0. The Balaban J connectivity index is 1.45. The van der Waals surface area contributed by atoms with E-state index >= 15 is 0 Å². The van der Waals surface area contributed by atoms with Crippen LogP contribution in [0.25, 0.3) is 0 Å². The molecule has 2 heterocycles. The number of likely N-dealkylation sites (tertiary alicyclic amines) is 1. The number of primary amides is 1. The minimum absolute atomic E-state index is 0.0704. The normalized spacial score (nSPS) is 26.2. The second-order valence-electron chi connectivity index (χ2n) is 6.81. The van der Waals surface area contributed by atoms with E-state index in [1.54, 1.807) is 24.3 Å². The van der Waals surface area contributed by atoms with Crippen molar-refractivity contribution in [2.24, 2.45) is 17.1 Å². The average molecular weight is 348 g/mol. The number of carbonyl (C=O) groups is 2. The van der Waals surface area contributed by atoms with E-state index in [9.17, 15) is 14.7 Å². The zero-order valence-electron chi connectivity index (χ0n) is 14.1. The number of nitrogens with two attached hydrogens (primary N) is 1. The number of rotatable bonds is 7. The van der Waals surface area contributed by atoms with Gasteiger partial charge in [0, 0.05) is 37.7 Å². The number of hydrogen-bond donors (Lipinski definition) is 2. The Morgan fingerprint density at radius 1 is 1.36 bits per heavy atom. The monoisotopic (exact) mass is 348 g/mol. The van der Waals surface area contributed by atoms with Gasteiger partial charge in [0.15, 0.2) is 0 Å². The highest BCUT2D eigenvalue weighted by molar-refractivity contribution is 5.92. The maximum Gasteiger partial charge on any atom is 0.311 e. The van der Waals surface area contributed by atoms with Gasteiger partial charge < -0.3 is 25.2 Å². The first kappa shape index (κ1) is 17.7. The number of aliphatic carboxylic acids is 1. The van der Waals surface area contributed by atoms with E-state index in [4.69, 9.17) is 15.2 Å². The van der Waals surface area contributed by atoms with Crippen LogP contribution in [0.15, 0.2) is 24.3 Å². The number of carboxylic acid groups (broad SMARTS) is 1. The number of benzene rings is 1. The number of carbonyl (C=O) groups excluding carboxylic acids is 1. The molecule has 3 rings (SSSR count). The highest BCUT2D eigenvalue weighted by atomic mass is 16.5. The first-order chi connectivity index (χ1) is 12.0. The standard InChI is InChI=1S/C18H24N2O5/c19-16(21)13-2-4-15(5-3-13)25-8-1-7-20-10-14-11-24-9-6-18(14,12-20)17(22)23/h2-5,14H,1,6-12H2,(H2,19,21)(H,22,23)/t14-,18+/m1/s1. The third kappa shape index (κ3) is 3.77. The van der Waals surface area contributed by atoms with Gasteiger partial charge in [0.2, 0.25) is 5.91 Å². The van der Waals surface area contributed by atoms with Crippen LogP contribution in [0.2, 0.25) is 0 Å². The van der Waals surface area contributed by atoms with Gasteiger partial charge in [0.1, 0.15) is 5.75 Å². The third-order valence-electron chi connectivity index (χ3n) is 5.23. The minimum atomic E-state index is -0.700. The van der Waals surface area contributed by atoms with Gasteiger partial charge >= 0.3 is 5.97 Å². The van der Waals surface area contributed by atoms with E-state index in [-0.39, 0.29) is 5.92 Å². The first-order valence-electron chi connectivity index (χ1n) is 8.57.